The van der Waals surface area contributed by atoms with Crippen molar-refractivity contribution in [1.82, 2.24) is 14.5 Å². The minimum absolute atomic E-state index is 0.104. The lowest BCUT2D eigenvalue weighted by Gasteiger charge is -2.33. The number of piperidine rings is 1. The second-order valence-electron chi connectivity index (χ2n) is 11.5. The molecule has 4 aromatic carbocycles. The second kappa shape index (κ2) is 12.3. The Kier molecular flexibility index (Phi) is 8.22. The average Bonchev–Trinajstić information content (AvgIpc) is 3.35. The monoisotopic (exact) mass is 560 g/mol. The maximum Gasteiger partial charge on any atom is 0.240 e. The number of likely N-dealkylation sites (tertiary alicyclic amines) is 1. The van der Waals surface area contributed by atoms with Gasteiger partial charge in [-0.25, -0.2) is 4.98 Å². The molecule has 1 saturated heterocycles. The summed E-state index contributed by atoms with van der Waals surface area (Å²) in [5.41, 5.74) is 12.2. The van der Waals surface area contributed by atoms with E-state index in [0.29, 0.717) is 19.1 Å². The van der Waals surface area contributed by atoms with Crippen LogP contribution in [-0.2, 0) is 31.2 Å². The lowest BCUT2D eigenvalue weighted by molar-refractivity contribution is -0.119. The zero-order valence-corrected chi connectivity index (χ0v) is 24.6. The highest BCUT2D eigenvalue weighted by Gasteiger charge is 2.23. The van der Waals surface area contributed by atoms with E-state index in [1.807, 2.05) is 19.2 Å². The van der Waals surface area contributed by atoms with Crippen molar-refractivity contribution in [2.45, 2.75) is 38.3 Å². The third kappa shape index (κ3) is 6.17. The van der Waals surface area contributed by atoms with Crippen LogP contribution in [0.4, 0.5) is 11.4 Å². The van der Waals surface area contributed by atoms with Crippen molar-refractivity contribution < 1.29 is 4.79 Å². The summed E-state index contributed by atoms with van der Waals surface area (Å²) in [7, 11) is 3.93. The number of nitrogens with two attached hydrogens (primary N) is 1. The number of benzene rings is 4. The molecule has 3 N–H and O–H groups in total. The number of carbonyl (C=O) groups excluding carboxylic acids is 1. The molecule has 1 aliphatic heterocycles. The van der Waals surface area contributed by atoms with Crippen LogP contribution < -0.4 is 16.0 Å². The van der Waals surface area contributed by atoms with Crippen LogP contribution in [0.1, 0.15) is 29.8 Å². The number of imidazole rings is 1. The summed E-state index contributed by atoms with van der Waals surface area (Å²) in [4.78, 5) is 22.2. The minimum atomic E-state index is 0.104. The van der Waals surface area contributed by atoms with Crippen LogP contribution in [0.2, 0.25) is 0 Å². The zero-order chi connectivity index (χ0) is 29.1. The Morgan fingerprint density at radius 1 is 0.929 bits per heavy atom. The van der Waals surface area contributed by atoms with Crippen molar-refractivity contribution in [3.63, 3.8) is 0 Å². The van der Waals surface area contributed by atoms with E-state index in [0.717, 1.165) is 72.6 Å². The molecule has 0 unspecified atom stereocenters. The van der Waals surface area contributed by atoms with Crippen molar-refractivity contribution in [3.05, 3.63) is 102 Å². The van der Waals surface area contributed by atoms with Gasteiger partial charge in [-0.15, -0.1) is 0 Å². The number of nitrogens with one attached hydrogen (secondary N) is 1. The number of amides is 1. The maximum absolute atomic E-state index is 13.3. The predicted molar refractivity (Wildman–Crippen MR) is 173 cm³/mol. The quantitative estimate of drug-likeness (QED) is 0.249. The fraction of sp³-hybridized carbons (Fsp3) is 0.314. The molecule has 7 nitrogen and oxygen atoms in total. The third-order valence-electron chi connectivity index (χ3n) is 8.68. The van der Waals surface area contributed by atoms with Gasteiger partial charge < -0.3 is 20.5 Å². The molecule has 0 radical (unpaired) electrons. The van der Waals surface area contributed by atoms with Gasteiger partial charge in [-0.1, -0.05) is 54.6 Å². The first kappa shape index (κ1) is 27.9. The number of anilines is 2. The summed E-state index contributed by atoms with van der Waals surface area (Å²) in [5, 5.41) is 6.22. The fourth-order valence-electron chi connectivity index (χ4n) is 5.96. The topological polar surface area (TPSA) is 79.4 Å². The Morgan fingerprint density at radius 3 is 2.43 bits per heavy atom. The van der Waals surface area contributed by atoms with Gasteiger partial charge in [-0.2, -0.15) is 0 Å². The highest BCUT2D eigenvalue weighted by atomic mass is 16.2. The van der Waals surface area contributed by atoms with Gasteiger partial charge in [0.2, 0.25) is 5.91 Å². The molecule has 0 bridgehead atoms. The van der Waals surface area contributed by atoms with Gasteiger partial charge in [0, 0.05) is 57.6 Å². The lowest BCUT2D eigenvalue weighted by atomic mass is 10.0. The van der Waals surface area contributed by atoms with Crippen LogP contribution >= 0.6 is 0 Å². The summed E-state index contributed by atoms with van der Waals surface area (Å²) in [6, 6.07) is 30.0. The molecule has 42 heavy (non-hydrogen) atoms. The Hall–Kier alpha value is -4.20. The van der Waals surface area contributed by atoms with Gasteiger partial charge in [0.05, 0.1) is 17.6 Å². The molecular formula is C35H40N6O. The van der Waals surface area contributed by atoms with E-state index < -0.39 is 0 Å². The number of rotatable bonds is 9. The van der Waals surface area contributed by atoms with E-state index in [1.54, 1.807) is 4.90 Å². The van der Waals surface area contributed by atoms with Gasteiger partial charge in [-0.3, -0.25) is 9.69 Å². The average molecular weight is 561 g/mol. The summed E-state index contributed by atoms with van der Waals surface area (Å²) < 4.78 is 2.16. The van der Waals surface area contributed by atoms with Crippen LogP contribution in [0.25, 0.3) is 21.8 Å². The molecule has 7 heteroatoms. The normalized spacial score (nSPS) is 14.5. The number of carbonyl (C=O) groups is 1. The third-order valence-corrected chi connectivity index (χ3v) is 8.68. The Labute approximate surface area is 247 Å². The summed E-state index contributed by atoms with van der Waals surface area (Å²) in [6.45, 7) is 2.80. The van der Waals surface area contributed by atoms with E-state index in [4.69, 9.17) is 10.7 Å². The van der Waals surface area contributed by atoms with E-state index >= 15 is 0 Å². The van der Waals surface area contributed by atoms with E-state index in [2.05, 4.69) is 94.6 Å². The summed E-state index contributed by atoms with van der Waals surface area (Å²) in [5.74, 6) is 1.14. The van der Waals surface area contributed by atoms with E-state index in [9.17, 15) is 4.79 Å². The minimum Gasteiger partial charge on any atom is -0.382 e. The molecule has 1 fully saturated rings. The summed E-state index contributed by atoms with van der Waals surface area (Å²) >= 11 is 0. The number of hydrogen-bond donors (Lipinski definition) is 2. The highest BCUT2D eigenvalue weighted by molar-refractivity contribution is 5.96. The number of aryl methyl sites for hydroxylation is 3. The van der Waals surface area contributed by atoms with Gasteiger partial charge in [0.1, 0.15) is 5.82 Å². The van der Waals surface area contributed by atoms with Crippen LogP contribution in [0.15, 0.2) is 84.9 Å². The van der Waals surface area contributed by atoms with E-state index in [-0.39, 0.29) is 5.91 Å². The first-order valence-electron chi connectivity index (χ1n) is 14.9. The van der Waals surface area contributed by atoms with Crippen LogP contribution in [-0.4, -0.2) is 53.1 Å². The largest absolute Gasteiger partial charge is 0.382 e. The molecule has 6 rings (SSSR count). The molecule has 0 saturated carbocycles. The number of nitrogens with zero attached hydrogens (tertiary/aromatic N) is 4. The predicted octanol–water partition coefficient (Wildman–Crippen LogP) is 5.51. The molecule has 1 aromatic heterocycles. The van der Waals surface area contributed by atoms with Gasteiger partial charge in [0.15, 0.2) is 0 Å². The SMILES string of the molecule is CN(C(=O)CN1CCC(Nc2ccc3ccccc3c2)CC1)c1ccc2c(c1)nc(CCc1ccc(CN)cc1)n2C. The van der Waals surface area contributed by atoms with Crippen molar-refractivity contribution in [2.75, 3.05) is 36.9 Å². The molecule has 0 spiro atoms. The first-order chi connectivity index (χ1) is 20.5. The molecule has 1 aliphatic rings. The standard InChI is InChI=1S/C35H40N6O/c1-39(31-14-15-33-32(22-31)38-34(40(33)2)16-11-25-7-9-26(23-36)10-8-25)35(42)24-41-19-17-29(18-20-41)37-30-13-12-27-5-3-4-6-28(27)21-30/h3-10,12-15,21-22,29,37H,11,16-20,23-24,36H2,1-2H3. The van der Waals surface area contributed by atoms with Gasteiger partial charge in [0.25, 0.3) is 0 Å². The Bertz CT molecular complexity index is 1680. The zero-order valence-electron chi connectivity index (χ0n) is 24.6. The number of aromatic nitrogens is 2. The number of fused-ring (bicyclic) bond motifs is 2. The van der Waals surface area contributed by atoms with Crippen molar-refractivity contribution in [3.8, 4) is 0 Å². The molecule has 216 valence electrons. The lowest BCUT2D eigenvalue weighted by Crippen LogP contribution is -2.44. The summed E-state index contributed by atoms with van der Waals surface area (Å²) in [6.07, 6.45) is 3.80. The van der Waals surface area contributed by atoms with Crippen molar-refractivity contribution >= 4 is 39.1 Å². The highest BCUT2D eigenvalue weighted by Crippen LogP contribution is 2.24. The Balaban J connectivity index is 1.03. The van der Waals surface area contributed by atoms with Crippen molar-refractivity contribution in [1.29, 1.82) is 0 Å². The fourth-order valence-corrected chi connectivity index (χ4v) is 5.96. The number of hydrogen-bond acceptors (Lipinski definition) is 5. The smallest absolute Gasteiger partial charge is 0.240 e. The molecule has 5 aromatic rings. The van der Waals surface area contributed by atoms with Crippen LogP contribution in [0.5, 0.6) is 0 Å². The molecule has 0 atom stereocenters. The molecule has 2 heterocycles. The second-order valence-corrected chi connectivity index (χ2v) is 11.5. The first-order valence-corrected chi connectivity index (χ1v) is 14.9. The van der Waals surface area contributed by atoms with Crippen LogP contribution in [0.3, 0.4) is 0 Å². The molecular weight excluding hydrogens is 520 g/mol. The maximum atomic E-state index is 13.3. The molecule has 1 amide bonds. The van der Waals surface area contributed by atoms with E-state index in [1.165, 1.54) is 16.3 Å². The van der Waals surface area contributed by atoms with Gasteiger partial charge >= 0.3 is 0 Å². The molecule has 0 aliphatic carbocycles. The number of likely N-dealkylation sites (N-methyl/N-ethyl adjacent to an activating group) is 1. The van der Waals surface area contributed by atoms with Crippen LogP contribution in [0, 0.1) is 0 Å². The Morgan fingerprint density at radius 2 is 1.67 bits per heavy atom. The van der Waals surface area contributed by atoms with Gasteiger partial charge in [-0.05, 0) is 71.5 Å². The van der Waals surface area contributed by atoms with Crippen molar-refractivity contribution in [2.24, 2.45) is 12.8 Å².